The highest BCUT2D eigenvalue weighted by Crippen LogP contribution is 2.37. The maximum Gasteiger partial charge on any atom is 0.183 e. The molecule has 0 amide bonds. The Labute approximate surface area is 124 Å². The van der Waals surface area contributed by atoms with E-state index in [0.717, 1.165) is 32.3 Å². The van der Waals surface area contributed by atoms with E-state index in [1.54, 1.807) is 25.6 Å². The third-order valence-corrected chi connectivity index (χ3v) is 4.00. The minimum Gasteiger partial charge on any atom is -0.496 e. The quantitative estimate of drug-likeness (QED) is 0.814. The van der Waals surface area contributed by atoms with E-state index >= 15 is 0 Å². The third kappa shape index (κ3) is 3.68. The molecule has 0 aliphatic heterocycles. The number of rotatable bonds is 6. The van der Waals surface area contributed by atoms with Crippen LogP contribution in [0.25, 0.3) is 10.4 Å². The SMILES string of the molecule is COCCNc1ncc(-c2cc(Br)ccc2OC)s1. The van der Waals surface area contributed by atoms with Gasteiger partial charge in [0.25, 0.3) is 0 Å². The van der Waals surface area contributed by atoms with E-state index in [4.69, 9.17) is 9.47 Å². The Hall–Kier alpha value is -1.11. The summed E-state index contributed by atoms with van der Waals surface area (Å²) in [4.78, 5) is 5.42. The van der Waals surface area contributed by atoms with Crippen molar-refractivity contribution < 1.29 is 9.47 Å². The van der Waals surface area contributed by atoms with Gasteiger partial charge in [0.05, 0.1) is 18.6 Å². The van der Waals surface area contributed by atoms with E-state index in [1.165, 1.54) is 0 Å². The molecule has 2 aromatic rings. The van der Waals surface area contributed by atoms with Crippen molar-refractivity contribution >= 4 is 32.4 Å². The maximum absolute atomic E-state index is 5.38. The average Bonchev–Trinajstić information content (AvgIpc) is 2.88. The molecule has 2 rings (SSSR count). The van der Waals surface area contributed by atoms with Crippen molar-refractivity contribution in [3.63, 3.8) is 0 Å². The van der Waals surface area contributed by atoms with Gasteiger partial charge in [-0.2, -0.15) is 0 Å². The lowest BCUT2D eigenvalue weighted by Gasteiger charge is -2.06. The molecule has 19 heavy (non-hydrogen) atoms. The predicted octanol–water partition coefficient (Wildman–Crippen LogP) is 3.64. The molecule has 1 aromatic carbocycles. The maximum atomic E-state index is 5.38. The Morgan fingerprint density at radius 1 is 1.37 bits per heavy atom. The molecule has 0 radical (unpaired) electrons. The lowest BCUT2D eigenvalue weighted by Crippen LogP contribution is -2.06. The Morgan fingerprint density at radius 2 is 2.21 bits per heavy atom. The molecule has 1 N–H and O–H groups in total. The van der Waals surface area contributed by atoms with Crippen LogP contribution in [0.15, 0.2) is 28.9 Å². The van der Waals surface area contributed by atoms with Crippen LogP contribution in [-0.2, 0) is 4.74 Å². The molecule has 0 saturated carbocycles. The highest BCUT2D eigenvalue weighted by molar-refractivity contribution is 9.10. The van der Waals surface area contributed by atoms with Gasteiger partial charge in [0.2, 0.25) is 0 Å². The number of benzene rings is 1. The normalized spacial score (nSPS) is 10.5. The number of nitrogens with one attached hydrogen (secondary N) is 1. The number of ether oxygens (including phenoxy) is 2. The lowest BCUT2D eigenvalue weighted by molar-refractivity contribution is 0.211. The van der Waals surface area contributed by atoms with Crippen LogP contribution in [0.3, 0.4) is 0 Å². The van der Waals surface area contributed by atoms with Crippen molar-refractivity contribution in [2.75, 3.05) is 32.7 Å². The van der Waals surface area contributed by atoms with Crippen LogP contribution in [0.4, 0.5) is 5.13 Å². The number of nitrogens with zero attached hydrogens (tertiary/aromatic N) is 1. The summed E-state index contributed by atoms with van der Waals surface area (Å²) in [7, 11) is 3.35. The monoisotopic (exact) mass is 342 g/mol. The number of thiazole rings is 1. The van der Waals surface area contributed by atoms with Gasteiger partial charge < -0.3 is 14.8 Å². The summed E-state index contributed by atoms with van der Waals surface area (Å²) in [6.45, 7) is 1.41. The van der Waals surface area contributed by atoms with Gasteiger partial charge in [-0.1, -0.05) is 27.3 Å². The topological polar surface area (TPSA) is 43.4 Å². The zero-order valence-corrected chi connectivity index (χ0v) is 13.2. The second kappa shape index (κ2) is 6.88. The molecule has 0 atom stereocenters. The molecule has 6 heteroatoms. The highest BCUT2D eigenvalue weighted by atomic mass is 79.9. The fraction of sp³-hybridized carbons (Fsp3) is 0.308. The molecule has 0 bridgehead atoms. The summed E-state index contributed by atoms with van der Waals surface area (Å²) in [6.07, 6.45) is 1.85. The van der Waals surface area contributed by atoms with E-state index in [-0.39, 0.29) is 0 Å². The van der Waals surface area contributed by atoms with Crippen molar-refractivity contribution in [2.24, 2.45) is 0 Å². The molecule has 0 saturated heterocycles. The van der Waals surface area contributed by atoms with Gasteiger partial charge >= 0.3 is 0 Å². The van der Waals surface area contributed by atoms with Crippen molar-refractivity contribution in [1.82, 2.24) is 4.98 Å². The molecule has 0 aliphatic rings. The van der Waals surface area contributed by atoms with Crippen molar-refractivity contribution in [2.45, 2.75) is 0 Å². The van der Waals surface area contributed by atoms with Gasteiger partial charge in [-0.15, -0.1) is 0 Å². The molecule has 0 fully saturated rings. The van der Waals surface area contributed by atoms with Gasteiger partial charge in [0.15, 0.2) is 5.13 Å². The average molecular weight is 343 g/mol. The third-order valence-electron chi connectivity index (χ3n) is 2.52. The Balaban J connectivity index is 2.20. The number of aromatic nitrogens is 1. The van der Waals surface area contributed by atoms with Crippen molar-refractivity contribution in [3.8, 4) is 16.2 Å². The summed E-state index contributed by atoms with van der Waals surface area (Å²) in [5.74, 6) is 0.843. The van der Waals surface area contributed by atoms with Gasteiger partial charge in [0.1, 0.15) is 5.75 Å². The van der Waals surface area contributed by atoms with Gasteiger partial charge in [0, 0.05) is 29.9 Å². The van der Waals surface area contributed by atoms with Crippen molar-refractivity contribution in [1.29, 1.82) is 0 Å². The van der Waals surface area contributed by atoms with Gasteiger partial charge in [-0.05, 0) is 18.2 Å². The lowest BCUT2D eigenvalue weighted by atomic mass is 10.2. The Bertz CT molecular complexity index is 545. The second-order valence-corrected chi connectivity index (χ2v) is 5.74. The number of anilines is 1. The van der Waals surface area contributed by atoms with Crippen LogP contribution in [0, 0.1) is 0 Å². The summed E-state index contributed by atoms with van der Waals surface area (Å²) in [5, 5.41) is 4.10. The molecule has 102 valence electrons. The Kier molecular flexibility index (Phi) is 5.18. The van der Waals surface area contributed by atoms with Crippen LogP contribution >= 0.6 is 27.3 Å². The molecular formula is C13H15BrN2O2S. The van der Waals surface area contributed by atoms with Gasteiger partial charge in [-0.3, -0.25) is 0 Å². The molecule has 0 unspecified atom stereocenters. The zero-order chi connectivity index (χ0) is 13.7. The minimum atomic E-state index is 0.662. The smallest absolute Gasteiger partial charge is 0.183 e. The first-order valence-corrected chi connectivity index (χ1v) is 7.38. The summed E-state index contributed by atoms with van der Waals surface area (Å²) >= 11 is 5.07. The second-order valence-electron chi connectivity index (χ2n) is 3.79. The molecule has 4 nitrogen and oxygen atoms in total. The molecule has 1 aromatic heterocycles. The first-order chi connectivity index (χ1) is 9.24. The standard InChI is InChI=1S/C13H15BrN2O2S/c1-17-6-5-15-13-16-8-12(19-13)10-7-9(14)3-4-11(10)18-2/h3-4,7-8H,5-6H2,1-2H3,(H,15,16). The number of hydrogen-bond donors (Lipinski definition) is 1. The summed E-state index contributed by atoms with van der Waals surface area (Å²) < 4.78 is 11.4. The van der Waals surface area contributed by atoms with E-state index in [2.05, 4.69) is 26.2 Å². The van der Waals surface area contributed by atoms with E-state index < -0.39 is 0 Å². The first-order valence-electron chi connectivity index (χ1n) is 5.77. The molecule has 0 aliphatic carbocycles. The number of methoxy groups -OCH3 is 2. The van der Waals surface area contributed by atoms with Crippen LogP contribution in [0.2, 0.25) is 0 Å². The van der Waals surface area contributed by atoms with Crippen LogP contribution in [-0.4, -0.2) is 32.4 Å². The minimum absolute atomic E-state index is 0.662. The largest absolute Gasteiger partial charge is 0.496 e. The summed E-state index contributed by atoms with van der Waals surface area (Å²) in [6, 6.07) is 5.93. The zero-order valence-electron chi connectivity index (χ0n) is 10.8. The van der Waals surface area contributed by atoms with Gasteiger partial charge in [-0.25, -0.2) is 4.98 Å². The fourth-order valence-corrected chi connectivity index (χ4v) is 2.84. The van der Waals surface area contributed by atoms with E-state index in [1.807, 2.05) is 24.4 Å². The van der Waals surface area contributed by atoms with E-state index in [0.29, 0.717) is 6.61 Å². The van der Waals surface area contributed by atoms with Crippen LogP contribution < -0.4 is 10.1 Å². The number of hydrogen-bond acceptors (Lipinski definition) is 5. The molecular weight excluding hydrogens is 328 g/mol. The van der Waals surface area contributed by atoms with Crippen LogP contribution in [0.5, 0.6) is 5.75 Å². The summed E-state index contributed by atoms with van der Waals surface area (Å²) in [5.41, 5.74) is 1.04. The van der Waals surface area contributed by atoms with E-state index in [9.17, 15) is 0 Å². The predicted molar refractivity (Wildman–Crippen MR) is 82.2 cm³/mol. The first kappa shape index (κ1) is 14.3. The molecule has 1 heterocycles. The highest BCUT2D eigenvalue weighted by Gasteiger charge is 2.10. The number of halogens is 1. The van der Waals surface area contributed by atoms with Crippen LogP contribution in [0.1, 0.15) is 0 Å². The molecule has 0 spiro atoms. The van der Waals surface area contributed by atoms with Crippen molar-refractivity contribution in [3.05, 3.63) is 28.9 Å². The fourth-order valence-electron chi connectivity index (χ4n) is 1.61. The Morgan fingerprint density at radius 3 is 2.95 bits per heavy atom.